The Kier molecular flexibility index (Phi) is 12.5. The predicted molar refractivity (Wildman–Crippen MR) is 184 cm³/mol. The van der Waals surface area contributed by atoms with Crippen LogP contribution in [-0.2, 0) is 35.2 Å². The molecule has 3 N–H and O–H groups in total. The molecule has 1 saturated heterocycles. The van der Waals surface area contributed by atoms with Crippen molar-refractivity contribution in [3.8, 4) is 0 Å². The highest BCUT2D eigenvalue weighted by atomic mass is 16.6. The minimum atomic E-state index is -1.43. The van der Waals surface area contributed by atoms with E-state index in [4.69, 9.17) is 14.2 Å². The Labute approximate surface area is 287 Å². The quantitative estimate of drug-likeness (QED) is 0.231. The molecule has 3 atom stereocenters. The van der Waals surface area contributed by atoms with Gasteiger partial charge < -0.3 is 39.6 Å². The van der Waals surface area contributed by atoms with Crippen LogP contribution in [0.15, 0.2) is 73.2 Å². The van der Waals surface area contributed by atoms with E-state index in [2.05, 4.69) is 20.9 Å². The highest BCUT2D eigenvalue weighted by molar-refractivity contribution is 5.98. The maximum Gasteiger partial charge on any atom is 0.408 e. The molecule has 0 aliphatic carbocycles. The second-order valence-corrected chi connectivity index (χ2v) is 13.6. The van der Waals surface area contributed by atoms with Crippen molar-refractivity contribution >= 4 is 29.6 Å². The highest BCUT2D eigenvalue weighted by Gasteiger charge is 2.36. The maximum absolute atomic E-state index is 14.0. The van der Waals surface area contributed by atoms with Gasteiger partial charge in [-0.1, -0.05) is 60.7 Å². The van der Waals surface area contributed by atoms with Gasteiger partial charge in [0.25, 0.3) is 11.8 Å². The molecule has 0 saturated carbocycles. The number of imidazole rings is 1. The summed E-state index contributed by atoms with van der Waals surface area (Å²) >= 11 is 0. The van der Waals surface area contributed by atoms with Gasteiger partial charge in [-0.15, -0.1) is 0 Å². The number of carbonyl (C=O) groups is 4. The van der Waals surface area contributed by atoms with E-state index in [9.17, 15) is 19.2 Å². The molecule has 1 aliphatic rings. The molecule has 4 rings (SSSR count). The van der Waals surface area contributed by atoms with Crippen LogP contribution in [0.1, 0.15) is 64.6 Å². The topological polar surface area (TPSA) is 153 Å². The van der Waals surface area contributed by atoms with Crippen LogP contribution in [0.2, 0.25) is 0 Å². The normalized spacial score (nSPS) is 16.0. The van der Waals surface area contributed by atoms with Crippen LogP contribution in [-0.4, -0.2) is 88.4 Å². The van der Waals surface area contributed by atoms with E-state index in [1.807, 2.05) is 65.6 Å². The number of amides is 4. The number of benzene rings is 2. The first-order chi connectivity index (χ1) is 23.3. The minimum Gasteiger partial charge on any atom is -0.444 e. The molecular formula is C36H48N6O7. The zero-order chi connectivity index (χ0) is 35.6. The van der Waals surface area contributed by atoms with Crippen LogP contribution in [0.5, 0.6) is 0 Å². The van der Waals surface area contributed by atoms with Gasteiger partial charge in [0.05, 0.1) is 32.2 Å². The summed E-state index contributed by atoms with van der Waals surface area (Å²) in [7, 11) is 1.63. The zero-order valence-electron chi connectivity index (χ0n) is 29.1. The summed E-state index contributed by atoms with van der Waals surface area (Å²) < 4.78 is 18.2. The first kappa shape index (κ1) is 37.1. The third-order valence-electron chi connectivity index (χ3n) is 7.92. The summed E-state index contributed by atoms with van der Waals surface area (Å²) in [6.45, 7) is 9.26. The van der Waals surface area contributed by atoms with E-state index in [1.165, 1.54) is 20.2 Å². The summed E-state index contributed by atoms with van der Waals surface area (Å²) in [6.07, 6.45) is 4.06. The number of methoxy groups -OCH3 is 1. The smallest absolute Gasteiger partial charge is 0.408 e. The first-order valence-electron chi connectivity index (χ1n) is 16.4. The van der Waals surface area contributed by atoms with E-state index in [1.54, 1.807) is 38.6 Å². The fourth-order valence-electron chi connectivity index (χ4n) is 5.49. The van der Waals surface area contributed by atoms with Crippen LogP contribution in [0.3, 0.4) is 0 Å². The molecule has 1 aliphatic heterocycles. The molecule has 13 heteroatoms. The lowest BCUT2D eigenvalue weighted by Crippen LogP contribution is -2.59. The molecule has 264 valence electrons. The molecule has 3 aromatic rings. The number of likely N-dealkylation sites (tertiary alicyclic amines) is 1. The van der Waals surface area contributed by atoms with Crippen molar-refractivity contribution in [3.63, 3.8) is 0 Å². The lowest BCUT2D eigenvalue weighted by molar-refractivity contribution is -0.135. The number of hydrogen-bond acceptors (Lipinski definition) is 8. The number of ether oxygens (including phenoxy) is 3. The van der Waals surface area contributed by atoms with E-state index in [0.717, 1.165) is 24.0 Å². The van der Waals surface area contributed by atoms with Crippen molar-refractivity contribution in [1.82, 2.24) is 25.1 Å². The standard InChI is InChI=1S/C36H48N6O7/c1-35(2,3)49-34(46)40-36(4,5)33(45)38-28(23-48-21-25-14-9-7-10-15-25)31(43)39-29-20-41(24-37-29)30(26-16-11-8-12-17-26)32(44)42-19-13-18-27(42)22-47-6/h7-12,14-17,20,24,27-28,30H,13,18-19,21-23H2,1-6H3,(H,38,45)(H,39,43)(H,40,46)/t27-,28-,30?/m1/s1. The Morgan fingerprint density at radius 1 is 0.980 bits per heavy atom. The van der Waals surface area contributed by atoms with Crippen molar-refractivity contribution in [1.29, 1.82) is 0 Å². The predicted octanol–water partition coefficient (Wildman–Crippen LogP) is 4.05. The molecule has 49 heavy (non-hydrogen) atoms. The Balaban J connectivity index is 1.52. The van der Waals surface area contributed by atoms with Crippen LogP contribution in [0, 0.1) is 0 Å². The summed E-state index contributed by atoms with van der Waals surface area (Å²) in [6, 6.07) is 16.9. The lowest BCUT2D eigenvalue weighted by atomic mass is 10.0. The second kappa shape index (κ2) is 16.6. The molecular weight excluding hydrogens is 628 g/mol. The maximum atomic E-state index is 14.0. The molecule has 2 heterocycles. The number of nitrogens with zero attached hydrogens (tertiary/aromatic N) is 3. The van der Waals surface area contributed by atoms with E-state index in [0.29, 0.717) is 13.2 Å². The van der Waals surface area contributed by atoms with E-state index < -0.39 is 41.1 Å². The number of alkyl carbamates (subject to hydrolysis) is 1. The molecule has 1 unspecified atom stereocenters. The number of anilines is 1. The van der Waals surface area contributed by atoms with Crippen LogP contribution < -0.4 is 16.0 Å². The molecule has 0 radical (unpaired) electrons. The van der Waals surface area contributed by atoms with Gasteiger partial charge in [-0.3, -0.25) is 14.4 Å². The van der Waals surface area contributed by atoms with Gasteiger partial charge in [-0.25, -0.2) is 9.78 Å². The molecule has 1 fully saturated rings. The summed E-state index contributed by atoms with van der Waals surface area (Å²) in [4.78, 5) is 59.8. The number of carbonyl (C=O) groups excluding carboxylic acids is 4. The van der Waals surface area contributed by atoms with Gasteiger partial charge in [0.1, 0.15) is 23.2 Å². The van der Waals surface area contributed by atoms with Gasteiger partial charge in [0.2, 0.25) is 5.91 Å². The average Bonchev–Trinajstić information content (AvgIpc) is 3.70. The van der Waals surface area contributed by atoms with Gasteiger partial charge in [0.15, 0.2) is 5.82 Å². The van der Waals surface area contributed by atoms with Crippen LogP contribution in [0.4, 0.5) is 10.6 Å². The zero-order valence-corrected chi connectivity index (χ0v) is 29.1. The molecule has 0 bridgehead atoms. The first-order valence-corrected chi connectivity index (χ1v) is 16.4. The lowest BCUT2D eigenvalue weighted by Gasteiger charge is -2.29. The third kappa shape index (κ3) is 10.6. The number of aromatic nitrogens is 2. The Morgan fingerprint density at radius 3 is 2.31 bits per heavy atom. The second-order valence-electron chi connectivity index (χ2n) is 13.6. The fraction of sp³-hybridized carbons (Fsp3) is 0.472. The van der Waals surface area contributed by atoms with Crippen molar-refractivity contribution in [2.45, 2.75) is 83.3 Å². The van der Waals surface area contributed by atoms with E-state index >= 15 is 0 Å². The summed E-state index contributed by atoms with van der Waals surface area (Å²) in [5, 5.41) is 8.03. The van der Waals surface area contributed by atoms with Gasteiger partial charge in [-0.05, 0) is 58.6 Å². The Hall–Kier alpha value is -4.75. The fourth-order valence-corrected chi connectivity index (χ4v) is 5.49. The summed E-state index contributed by atoms with van der Waals surface area (Å²) in [5.41, 5.74) is -0.537. The van der Waals surface area contributed by atoms with Crippen molar-refractivity contribution in [2.24, 2.45) is 0 Å². The Morgan fingerprint density at radius 2 is 1.65 bits per heavy atom. The van der Waals surface area contributed by atoms with Crippen LogP contribution in [0.25, 0.3) is 0 Å². The van der Waals surface area contributed by atoms with Crippen LogP contribution >= 0.6 is 0 Å². The SMILES string of the molecule is COC[C@H]1CCCN1C(=O)C(c1ccccc1)n1cnc(NC(=O)[C@@H](COCc2ccccc2)NC(=O)C(C)(C)NC(=O)OC(C)(C)C)c1. The molecule has 4 amide bonds. The minimum absolute atomic E-state index is 0.0271. The van der Waals surface area contributed by atoms with Gasteiger partial charge in [-0.2, -0.15) is 0 Å². The molecule has 13 nitrogen and oxygen atoms in total. The largest absolute Gasteiger partial charge is 0.444 e. The monoisotopic (exact) mass is 676 g/mol. The number of rotatable bonds is 14. The Bertz CT molecular complexity index is 1550. The average molecular weight is 677 g/mol. The van der Waals surface area contributed by atoms with Gasteiger partial charge in [0, 0.05) is 19.9 Å². The van der Waals surface area contributed by atoms with Crippen molar-refractivity contribution in [3.05, 3.63) is 84.3 Å². The van der Waals surface area contributed by atoms with Crippen molar-refractivity contribution in [2.75, 3.05) is 32.2 Å². The number of nitrogens with one attached hydrogen (secondary N) is 3. The third-order valence-corrected chi connectivity index (χ3v) is 7.92. The van der Waals surface area contributed by atoms with E-state index in [-0.39, 0.29) is 31.0 Å². The summed E-state index contributed by atoms with van der Waals surface area (Å²) in [5.74, 6) is -1.14. The van der Waals surface area contributed by atoms with Crippen molar-refractivity contribution < 1.29 is 33.4 Å². The molecule has 1 aromatic heterocycles. The molecule has 2 aromatic carbocycles. The molecule has 0 spiro atoms. The number of hydrogen-bond donors (Lipinski definition) is 3. The van der Waals surface area contributed by atoms with Gasteiger partial charge >= 0.3 is 6.09 Å². The highest BCUT2D eigenvalue weighted by Crippen LogP contribution is 2.27.